The summed E-state index contributed by atoms with van der Waals surface area (Å²) in [7, 11) is 2.22. The molecule has 1 unspecified atom stereocenters. The number of hydrogen-bond acceptors (Lipinski definition) is 2. The Labute approximate surface area is 107 Å². The summed E-state index contributed by atoms with van der Waals surface area (Å²) < 4.78 is 0. The van der Waals surface area contributed by atoms with Gasteiger partial charge in [-0.3, -0.25) is 4.99 Å². The molecule has 2 nitrogen and oxygen atoms in total. The van der Waals surface area contributed by atoms with Crippen LogP contribution in [0.3, 0.4) is 0 Å². The van der Waals surface area contributed by atoms with E-state index >= 15 is 0 Å². The lowest BCUT2D eigenvalue weighted by atomic mass is 9.82. The molecule has 18 heavy (non-hydrogen) atoms. The van der Waals surface area contributed by atoms with Gasteiger partial charge in [0.2, 0.25) is 0 Å². The van der Waals surface area contributed by atoms with E-state index in [1.54, 1.807) is 0 Å². The third kappa shape index (κ3) is 1.02. The van der Waals surface area contributed by atoms with Crippen LogP contribution in [0.1, 0.15) is 24.5 Å². The number of dihydropyridines is 1. The predicted octanol–water partition coefficient (Wildman–Crippen LogP) is 2.97. The summed E-state index contributed by atoms with van der Waals surface area (Å²) in [6.07, 6.45) is 5.24. The van der Waals surface area contributed by atoms with Gasteiger partial charge in [-0.05, 0) is 24.1 Å². The molecule has 0 N–H and O–H groups in total. The maximum Gasteiger partial charge on any atom is 0.0669 e. The summed E-state index contributed by atoms with van der Waals surface area (Å²) in [6.45, 7) is 3.18. The zero-order valence-corrected chi connectivity index (χ0v) is 10.8. The van der Waals surface area contributed by atoms with Crippen molar-refractivity contribution in [3.63, 3.8) is 0 Å². The average Bonchev–Trinajstić information content (AvgIpc) is 2.54. The molecule has 2 bridgehead atoms. The molecule has 1 atom stereocenters. The molecule has 0 fully saturated rings. The van der Waals surface area contributed by atoms with Gasteiger partial charge in [0.15, 0.2) is 0 Å². The number of nitrogens with zero attached hydrogens (tertiary/aromatic N) is 2. The Morgan fingerprint density at radius 3 is 3.00 bits per heavy atom. The highest BCUT2D eigenvalue weighted by Gasteiger charge is 2.47. The van der Waals surface area contributed by atoms with E-state index < -0.39 is 0 Å². The van der Waals surface area contributed by atoms with Crippen LogP contribution >= 0.6 is 0 Å². The van der Waals surface area contributed by atoms with Crippen molar-refractivity contribution in [1.82, 2.24) is 4.90 Å². The second kappa shape index (κ2) is 3.14. The molecule has 0 saturated heterocycles. The van der Waals surface area contributed by atoms with Crippen LogP contribution in [0.4, 0.5) is 0 Å². The van der Waals surface area contributed by atoms with Crippen LogP contribution in [0.5, 0.6) is 0 Å². The smallest absolute Gasteiger partial charge is 0.0669 e. The Morgan fingerprint density at radius 2 is 2.11 bits per heavy atom. The molecule has 0 saturated carbocycles. The van der Waals surface area contributed by atoms with Gasteiger partial charge in [0.05, 0.1) is 17.8 Å². The first-order valence-electron chi connectivity index (χ1n) is 6.48. The fourth-order valence-electron chi connectivity index (χ4n) is 3.60. The Hall–Kier alpha value is -1.83. The maximum atomic E-state index is 4.42. The number of aliphatic imine (C=N–C) groups is 1. The Bertz CT molecular complexity index is 636. The van der Waals surface area contributed by atoms with E-state index in [9.17, 15) is 0 Å². The highest BCUT2D eigenvalue weighted by atomic mass is 15.2. The Morgan fingerprint density at radius 1 is 1.28 bits per heavy atom. The summed E-state index contributed by atoms with van der Waals surface area (Å²) in [5, 5.41) is 0. The number of hydrogen-bond donors (Lipinski definition) is 0. The monoisotopic (exact) mass is 236 g/mol. The van der Waals surface area contributed by atoms with Gasteiger partial charge in [0, 0.05) is 30.8 Å². The van der Waals surface area contributed by atoms with Gasteiger partial charge in [0.1, 0.15) is 0 Å². The highest BCUT2D eigenvalue weighted by Crippen LogP contribution is 2.54. The molecule has 2 heteroatoms. The van der Waals surface area contributed by atoms with Crippen LogP contribution in [-0.4, -0.2) is 24.7 Å². The van der Waals surface area contributed by atoms with Crippen LogP contribution in [0.25, 0.3) is 5.70 Å². The van der Waals surface area contributed by atoms with E-state index in [1.807, 2.05) is 6.21 Å². The molecule has 4 rings (SSSR count). The summed E-state index contributed by atoms with van der Waals surface area (Å²) >= 11 is 0. The van der Waals surface area contributed by atoms with Gasteiger partial charge in [-0.15, -0.1) is 0 Å². The van der Waals surface area contributed by atoms with Crippen LogP contribution in [0.15, 0.2) is 46.5 Å². The molecule has 1 aromatic carbocycles. The molecule has 1 aromatic rings. The van der Waals surface area contributed by atoms with Crippen molar-refractivity contribution >= 4 is 11.9 Å². The third-order valence-electron chi connectivity index (χ3n) is 4.68. The fraction of sp³-hybridized carbons (Fsp3) is 0.312. The first-order chi connectivity index (χ1) is 8.72. The largest absolute Gasteiger partial charge is 0.364 e. The molecule has 0 aliphatic carbocycles. The lowest BCUT2D eigenvalue weighted by Gasteiger charge is -2.41. The van der Waals surface area contributed by atoms with Gasteiger partial charge < -0.3 is 4.90 Å². The second-order valence-electron chi connectivity index (χ2n) is 5.56. The number of benzene rings is 1. The second-order valence-corrected chi connectivity index (χ2v) is 5.56. The normalized spacial score (nSPS) is 28.1. The van der Waals surface area contributed by atoms with Crippen molar-refractivity contribution < 1.29 is 0 Å². The molecule has 0 spiro atoms. The first kappa shape index (κ1) is 10.1. The molecule has 3 heterocycles. The highest BCUT2D eigenvalue weighted by molar-refractivity contribution is 5.86. The molecule has 0 amide bonds. The van der Waals surface area contributed by atoms with Crippen molar-refractivity contribution in [2.75, 3.05) is 13.6 Å². The van der Waals surface area contributed by atoms with E-state index in [2.05, 4.69) is 54.2 Å². The van der Waals surface area contributed by atoms with Crippen LogP contribution in [0.2, 0.25) is 0 Å². The lowest BCUT2D eigenvalue weighted by Crippen LogP contribution is -2.39. The topological polar surface area (TPSA) is 15.6 Å². The van der Waals surface area contributed by atoms with E-state index in [0.717, 1.165) is 13.0 Å². The summed E-state index contributed by atoms with van der Waals surface area (Å²) in [5.41, 5.74) is 7.26. The van der Waals surface area contributed by atoms with Crippen molar-refractivity contribution in [1.29, 1.82) is 0 Å². The van der Waals surface area contributed by atoms with Crippen LogP contribution in [0, 0.1) is 0 Å². The minimum absolute atomic E-state index is 0.117. The molecular weight excluding hydrogens is 220 g/mol. The lowest BCUT2D eigenvalue weighted by molar-refractivity contribution is 0.224. The first-order valence-corrected chi connectivity index (χ1v) is 6.48. The molecule has 0 aromatic heterocycles. The van der Waals surface area contributed by atoms with E-state index in [-0.39, 0.29) is 5.54 Å². The average molecular weight is 236 g/mol. The number of rotatable bonds is 0. The van der Waals surface area contributed by atoms with Gasteiger partial charge in [-0.1, -0.05) is 24.3 Å². The zero-order chi connectivity index (χ0) is 12.3. The standard InChI is InChI=1S/C16H16N2/c1-16-9-11-7-8-17-10-13(11)15(18(16)2)12-5-3-4-6-14(12)16/h3-8H,9-10H2,1-2H3. The number of fused-ring (bicyclic) bond motifs is 6. The molecule has 90 valence electrons. The zero-order valence-electron chi connectivity index (χ0n) is 10.8. The van der Waals surface area contributed by atoms with Crippen molar-refractivity contribution in [3.05, 3.63) is 52.6 Å². The molecular formula is C16H16N2. The molecule has 0 radical (unpaired) electrons. The minimum atomic E-state index is 0.117. The van der Waals surface area contributed by atoms with E-state index in [1.165, 1.54) is 28.0 Å². The van der Waals surface area contributed by atoms with Gasteiger partial charge in [-0.25, -0.2) is 0 Å². The van der Waals surface area contributed by atoms with Gasteiger partial charge in [0.25, 0.3) is 0 Å². The summed E-state index contributed by atoms with van der Waals surface area (Å²) in [4.78, 5) is 6.87. The van der Waals surface area contributed by atoms with Crippen LogP contribution < -0.4 is 0 Å². The molecule has 3 aliphatic rings. The quantitative estimate of drug-likeness (QED) is 0.676. The van der Waals surface area contributed by atoms with Crippen LogP contribution in [-0.2, 0) is 5.54 Å². The minimum Gasteiger partial charge on any atom is -0.364 e. The third-order valence-corrected chi connectivity index (χ3v) is 4.68. The summed E-state index contributed by atoms with van der Waals surface area (Å²) in [5.74, 6) is 0. The predicted molar refractivity (Wildman–Crippen MR) is 74.5 cm³/mol. The van der Waals surface area contributed by atoms with Crippen molar-refractivity contribution in [3.8, 4) is 0 Å². The summed E-state index contributed by atoms with van der Waals surface area (Å²) in [6, 6.07) is 8.82. The fourth-order valence-corrected chi connectivity index (χ4v) is 3.60. The SMILES string of the molecule is CN1C2=C3CN=CC=C3CC1(C)c1ccccc12. The van der Waals surface area contributed by atoms with Gasteiger partial charge >= 0.3 is 0 Å². The molecule has 3 aliphatic heterocycles. The maximum absolute atomic E-state index is 4.42. The Balaban J connectivity index is 2.08. The number of allylic oxidation sites excluding steroid dienone is 1. The van der Waals surface area contributed by atoms with E-state index in [4.69, 9.17) is 0 Å². The van der Waals surface area contributed by atoms with Crippen molar-refractivity contribution in [2.45, 2.75) is 18.9 Å². The Kier molecular flexibility index (Phi) is 1.76. The van der Waals surface area contributed by atoms with Crippen molar-refractivity contribution in [2.24, 2.45) is 4.99 Å². The van der Waals surface area contributed by atoms with E-state index in [0.29, 0.717) is 0 Å². The van der Waals surface area contributed by atoms with Gasteiger partial charge in [-0.2, -0.15) is 0 Å².